The second-order valence-electron chi connectivity index (χ2n) is 5.12. The second kappa shape index (κ2) is 6.85. The first-order chi connectivity index (χ1) is 9.99. The number of benzene rings is 1. The van der Waals surface area contributed by atoms with Gasteiger partial charge in [0.25, 0.3) is 5.91 Å². The molecule has 1 saturated heterocycles. The maximum absolute atomic E-state index is 12.5. The molecule has 1 fully saturated rings. The summed E-state index contributed by atoms with van der Waals surface area (Å²) in [5.74, 6) is 0.722. The molecule has 2 rings (SSSR count). The molecule has 0 spiro atoms. The van der Waals surface area contributed by atoms with E-state index in [1.54, 1.807) is 36.0 Å². The molecule has 114 valence electrons. The first-order valence-electron chi connectivity index (χ1n) is 6.87. The van der Waals surface area contributed by atoms with Crippen molar-refractivity contribution in [3.05, 3.63) is 29.8 Å². The SMILES string of the molecule is CC(C)Oc1ccc(C(=O)N2CCSCC2C(=O)O)cc1. The summed E-state index contributed by atoms with van der Waals surface area (Å²) in [4.78, 5) is 25.2. The Morgan fingerprint density at radius 1 is 1.33 bits per heavy atom. The Hall–Kier alpha value is -1.69. The topological polar surface area (TPSA) is 66.8 Å². The molecule has 21 heavy (non-hydrogen) atoms. The van der Waals surface area contributed by atoms with Crippen LogP contribution in [0.4, 0.5) is 0 Å². The van der Waals surface area contributed by atoms with E-state index in [9.17, 15) is 14.7 Å². The van der Waals surface area contributed by atoms with Crippen molar-refractivity contribution in [1.29, 1.82) is 0 Å². The van der Waals surface area contributed by atoms with Gasteiger partial charge in [-0.1, -0.05) is 0 Å². The molecule has 0 aliphatic carbocycles. The van der Waals surface area contributed by atoms with E-state index in [1.165, 1.54) is 4.90 Å². The Balaban J connectivity index is 2.12. The number of carboxylic acids is 1. The fourth-order valence-electron chi connectivity index (χ4n) is 2.17. The average molecular weight is 309 g/mol. The van der Waals surface area contributed by atoms with E-state index in [1.807, 2.05) is 13.8 Å². The lowest BCUT2D eigenvalue weighted by Gasteiger charge is -2.32. The summed E-state index contributed by atoms with van der Waals surface area (Å²) in [5, 5.41) is 9.22. The summed E-state index contributed by atoms with van der Waals surface area (Å²) in [6.07, 6.45) is 0.0714. The summed E-state index contributed by atoms with van der Waals surface area (Å²) < 4.78 is 5.53. The van der Waals surface area contributed by atoms with Gasteiger partial charge in [0, 0.05) is 23.6 Å². The Kier molecular flexibility index (Phi) is 5.12. The van der Waals surface area contributed by atoms with Gasteiger partial charge in [-0.15, -0.1) is 0 Å². The predicted octanol–water partition coefficient (Wildman–Crippen LogP) is 2.12. The summed E-state index contributed by atoms with van der Waals surface area (Å²) in [6, 6.07) is 6.09. The lowest BCUT2D eigenvalue weighted by molar-refractivity contribution is -0.141. The fourth-order valence-corrected chi connectivity index (χ4v) is 3.20. The van der Waals surface area contributed by atoms with Crippen molar-refractivity contribution in [2.24, 2.45) is 0 Å². The third-order valence-corrected chi connectivity index (χ3v) is 4.17. The van der Waals surface area contributed by atoms with E-state index in [4.69, 9.17) is 4.74 Å². The summed E-state index contributed by atoms with van der Waals surface area (Å²) >= 11 is 1.56. The molecule has 1 aliphatic heterocycles. The number of hydrogen-bond acceptors (Lipinski definition) is 4. The van der Waals surface area contributed by atoms with E-state index in [2.05, 4.69) is 0 Å². The molecule has 6 heteroatoms. The highest BCUT2D eigenvalue weighted by molar-refractivity contribution is 7.99. The number of ether oxygens (including phenoxy) is 1. The highest BCUT2D eigenvalue weighted by Crippen LogP contribution is 2.21. The van der Waals surface area contributed by atoms with Crippen LogP contribution in [0.1, 0.15) is 24.2 Å². The first-order valence-corrected chi connectivity index (χ1v) is 8.02. The molecule has 0 radical (unpaired) electrons. The van der Waals surface area contributed by atoms with Crippen LogP contribution in [0.15, 0.2) is 24.3 Å². The van der Waals surface area contributed by atoms with Gasteiger partial charge in [-0.2, -0.15) is 11.8 Å². The zero-order valence-electron chi connectivity index (χ0n) is 12.1. The molecule has 0 aromatic heterocycles. The largest absolute Gasteiger partial charge is 0.491 e. The molecule has 1 unspecified atom stereocenters. The van der Waals surface area contributed by atoms with Crippen LogP contribution in [0.3, 0.4) is 0 Å². The first kappa shape index (κ1) is 15.7. The number of amides is 1. The van der Waals surface area contributed by atoms with Gasteiger partial charge in [0.05, 0.1) is 6.10 Å². The van der Waals surface area contributed by atoms with E-state index in [0.29, 0.717) is 23.6 Å². The maximum Gasteiger partial charge on any atom is 0.327 e. The van der Waals surface area contributed by atoms with Crippen molar-refractivity contribution in [3.8, 4) is 5.75 Å². The highest BCUT2D eigenvalue weighted by Gasteiger charge is 2.32. The molecule has 1 aromatic carbocycles. The normalized spacial score (nSPS) is 18.6. The van der Waals surface area contributed by atoms with Gasteiger partial charge in [-0.25, -0.2) is 4.79 Å². The molecular weight excluding hydrogens is 290 g/mol. The van der Waals surface area contributed by atoms with Crippen LogP contribution in [0.5, 0.6) is 5.75 Å². The van der Waals surface area contributed by atoms with Gasteiger partial charge in [-0.3, -0.25) is 4.79 Å². The summed E-state index contributed by atoms with van der Waals surface area (Å²) in [7, 11) is 0. The molecule has 0 saturated carbocycles. The minimum Gasteiger partial charge on any atom is -0.491 e. The Labute approximate surface area is 128 Å². The Morgan fingerprint density at radius 3 is 2.57 bits per heavy atom. The molecule has 0 bridgehead atoms. The molecule has 1 aromatic rings. The van der Waals surface area contributed by atoms with Gasteiger partial charge in [-0.05, 0) is 38.1 Å². The third kappa shape index (κ3) is 3.91. The lowest BCUT2D eigenvalue weighted by atomic mass is 10.1. The van der Waals surface area contributed by atoms with E-state index in [0.717, 1.165) is 5.75 Å². The number of rotatable bonds is 4. The van der Waals surface area contributed by atoms with Crippen LogP contribution in [-0.2, 0) is 4.79 Å². The number of hydrogen-bond donors (Lipinski definition) is 1. The van der Waals surface area contributed by atoms with Crippen molar-refractivity contribution in [2.75, 3.05) is 18.1 Å². The van der Waals surface area contributed by atoms with Gasteiger partial charge in [0.1, 0.15) is 11.8 Å². The van der Waals surface area contributed by atoms with Crippen LogP contribution in [0, 0.1) is 0 Å². The molecule has 5 nitrogen and oxygen atoms in total. The minimum atomic E-state index is -0.949. The molecule has 1 N–H and O–H groups in total. The number of aliphatic carboxylic acids is 1. The standard InChI is InChI=1S/C15H19NO4S/c1-10(2)20-12-5-3-11(4-6-12)14(17)16-7-8-21-9-13(16)15(18)19/h3-6,10,13H,7-9H2,1-2H3,(H,18,19). The fraction of sp³-hybridized carbons (Fsp3) is 0.467. The van der Waals surface area contributed by atoms with E-state index < -0.39 is 12.0 Å². The van der Waals surface area contributed by atoms with Crippen molar-refractivity contribution in [2.45, 2.75) is 26.0 Å². The van der Waals surface area contributed by atoms with Crippen LogP contribution in [-0.4, -0.2) is 52.1 Å². The van der Waals surface area contributed by atoms with Crippen LogP contribution in [0.2, 0.25) is 0 Å². The van der Waals surface area contributed by atoms with E-state index >= 15 is 0 Å². The molecular formula is C15H19NO4S. The Morgan fingerprint density at radius 2 is 2.00 bits per heavy atom. The smallest absolute Gasteiger partial charge is 0.327 e. The second-order valence-corrected chi connectivity index (χ2v) is 6.27. The average Bonchev–Trinajstić information content (AvgIpc) is 2.46. The van der Waals surface area contributed by atoms with Gasteiger partial charge >= 0.3 is 5.97 Å². The predicted molar refractivity (Wildman–Crippen MR) is 82.0 cm³/mol. The molecule has 1 heterocycles. The van der Waals surface area contributed by atoms with Crippen molar-refractivity contribution in [3.63, 3.8) is 0 Å². The van der Waals surface area contributed by atoms with Crippen LogP contribution >= 0.6 is 11.8 Å². The molecule has 1 amide bonds. The Bertz CT molecular complexity index is 515. The van der Waals surface area contributed by atoms with Gasteiger partial charge in [0.15, 0.2) is 0 Å². The maximum atomic E-state index is 12.5. The van der Waals surface area contributed by atoms with E-state index in [-0.39, 0.29) is 12.0 Å². The number of nitrogens with zero attached hydrogens (tertiary/aromatic N) is 1. The lowest BCUT2D eigenvalue weighted by Crippen LogP contribution is -2.50. The zero-order chi connectivity index (χ0) is 15.4. The van der Waals surface area contributed by atoms with Crippen molar-refractivity contribution < 1.29 is 19.4 Å². The van der Waals surface area contributed by atoms with Crippen LogP contribution < -0.4 is 4.74 Å². The number of carboxylic acid groups (broad SMARTS) is 1. The molecule has 1 atom stereocenters. The highest BCUT2D eigenvalue weighted by atomic mass is 32.2. The minimum absolute atomic E-state index is 0.0714. The summed E-state index contributed by atoms with van der Waals surface area (Å²) in [5.41, 5.74) is 0.490. The monoisotopic (exact) mass is 309 g/mol. The van der Waals surface area contributed by atoms with Crippen molar-refractivity contribution in [1.82, 2.24) is 4.90 Å². The number of carbonyl (C=O) groups is 2. The number of thioether (sulfide) groups is 1. The van der Waals surface area contributed by atoms with Gasteiger partial charge in [0.2, 0.25) is 0 Å². The van der Waals surface area contributed by atoms with Crippen molar-refractivity contribution >= 4 is 23.6 Å². The third-order valence-electron chi connectivity index (χ3n) is 3.15. The van der Waals surface area contributed by atoms with Gasteiger partial charge < -0.3 is 14.7 Å². The summed E-state index contributed by atoms with van der Waals surface area (Å²) in [6.45, 7) is 4.33. The van der Waals surface area contributed by atoms with Crippen LogP contribution in [0.25, 0.3) is 0 Å². The number of carbonyl (C=O) groups excluding carboxylic acids is 1. The zero-order valence-corrected chi connectivity index (χ0v) is 12.9. The molecule has 1 aliphatic rings. The quantitative estimate of drug-likeness (QED) is 0.923.